The molecule has 0 atom stereocenters. The Balaban J connectivity index is 0. The molecule has 1 rings (SSSR count). The summed E-state index contributed by atoms with van der Waals surface area (Å²) in [6.45, 7) is 1.84. The van der Waals surface area contributed by atoms with E-state index < -0.39 is 10.1 Å². The molecule has 0 bridgehead atoms. The summed E-state index contributed by atoms with van der Waals surface area (Å²) in [4.78, 5) is -0.0666. The molecule has 0 unspecified atom stereocenters. The van der Waals surface area contributed by atoms with E-state index in [0.29, 0.717) is 0 Å². The zero-order chi connectivity index (χ0) is 8.48. The first-order valence-electron chi connectivity index (χ1n) is 3.04. The van der Waals surface area contributed by atoms with Crippen molar-refractivity contribution in [3.63, 3.8) is 0 Å². The molecule has 3 N–H and O–H groups in total. The minimum absolute atomic E-state index is 0. The van der Waals surface area contributed by atoms with Gasteiger partial charge in [0.05, 0.1) is 4.90 Å². The number of rotatable bonds is 1. The summed E-state index contributed by atoms with van der Waals surface area (Å²) in [5.41, 5.74) is 0.956. The fraction of sp³-hybridized carbons (Fsp3) is 0.143. The maximum atomic E-state index is 10.5. The first-order chi connectivity index (χ1) is 5.00. The number of benzene rings is 1. The van der Waals surface area contributed by atoms with E-state index in [4.69, 9.17) is 4.55 Å². The van der Waals surface area contributed by atoms with Crippen molar-refractivity contribution in [3.8, 4) is 0 Å². The minimum Gasteiger partial charge on any atom is -0.412 e. The van der Waals surface area contributed by atoms with Crippen LogP contribution in [0.3, 0.4) is 0 Å². The van der Waals surface area contributed by atoms with E-state index in [0.717, 1.165) is 5.56 Å². The van der Waals surface area contributed by atoms with E-state index in [1.165, 1.54) is 12.1 Å². The summed E-state index contributed by atoms with van der Waals surface area (Å²) >= 11 is 0. The molecule has 0 aliphatic rings. The third-order valence-corrected chi connectivity index (χ3v) is 2.19. The molecule has 13 heavy (non-hydrogen) atoms. The van der Waals surface area contributed by atoms with E-state index in [-0.39, 0.29) is 39.9 Å². The van der Waals surface area contributed by atoms with Crippen molar-refractivity contribution in [3.05, 3.63) is 29.8 Å². The molecule has 0 fully saturated rings. The average molecular weight is 213 g/mol. The van der Waals surface area contributed by atoms with Gasteiger partial charge in [-0.25, -0.2) is 0 Å². The fourth-order valence-corrected chi connectivity index (χ4v) is 1.19. The SMILES string of the molecule is Cc1ccc(S(=O)(=O)O)cc1.O.[Na]. The third-order valence-electron chi connectivity index (χ3n) is 1.32. The molecule has 1 aromatic rings. The standard InChI is InChI=1S/C7H8O3S.Na.H2O/c1-6-2-4-7(5-3-6)11(8,9)10;;/h2-5H,1H3,(H,8,9,10);;1H2. The molecule has 0 spiro atoms. The van der Waals surface area contributed by atoms with Crippen LogP contribution < -0.4 is 0 Å². The second kappa shape index (κ2) is 5.74. The van der Waals surface area contributed by atoms with Gasteiger partial charge in [0.25, 0.3) is 10.1 Å². The summed E-state index contributed by atoms with van der Waals surface area (Å²) < 4.78 is 29.6. The molecule has 0 aromatic heterocycles. The van der Waals surface area contributed by atoms with Gasteiger partial charge in [-0.05, 0) is 19.1 Å². The minimum atomic E-state index is -4.02. The summed E-state index contributed by atoms with van der Waals surface area (Å²) in [6, 6.07) is 5.99. The Hall–Kier alpha value is 0.0900. The van der Waals surface area contributed by atoms with Gasteiger partial charge in [-0.15, -0.1) is 0 Å². The number of hydrogen-bond acceptors (Lipinski definition) is 2. The number of hydrogen-bond donors (Lipinski definition) is 1. The fourth-order valence-electron chi connectivity index (χ4n) is 0.710. The summed E-state index contributed by atoms with van der Waals surface area (Å²) in [5.74, 6) is 0. The van der Waals surface area contributed by atoms with Gasteiger partial charge in [0.15, 0.2) is 0 Å². The molecule has 69 valence electrons. The zero-order valence-corrected chi connectivity index (χ0v) is 10.3. The third kappa shape index (κ3) is 4.75. The molecule has 0 saturated heterocycles. The van der Waals surface area contributed by atoms with Gasteiger partial charge in [-0.1, -0.05) is 17.7 Å². The quantitative estimate of drug-likeness (QED) is 0.527. The Morgan fingerprint density at radius 2 is 1.54 bits per heavy atom. The number of aryl methyl sites for hydroxylation is 1. The molecule has 0 saturated carbocycles. The molecule has 0 heterocycles. The van der Waals surface area contributed by atoms with Crippen LogP contribution in [0.1, 0.15) is 5.56 Å². The van der Waals surface area contributed by atoms with Gasteiger partial charge in [-0.2, -0.15) is 8.42 Å². The summed E-state index contributed by atoms with van der Waals surface area (Å²) in [7, 11) is -4.02. The van der Waals surface area contributed by atoms with Crippen molar-refractivity contribution in [2.24, 2.45) is 0 Å². The Labute approximate surface area is 99.3 Å². The predicted octanol–water partition coefficient (Wildman–Crippen LogP) is 0.0362. The summed E-state index contributed by atoms with van der Waals surface area (Å²) in [6.07, 6.45) is 0. The van der Waals surface area contributed by atoms with Crippen molar-refractivity contribution in [1.82, 2.24) is 0 Å². The first kappa shape index (κ1) is 15.6. The second-order valence-electron chi connectivity index (χ2n) is 2.29. The smallest absolute Gasteiger partial charge is 0.294 e. The van der Waals surface area contributed by atoms with Crippen LogP contribution in [0, 0.1) is 6.92 Å². The molecule has 1 aromatic carbocycles. The van der Waals surface area contributed by atoms with Gasteiger partial charge in [-0.3, -0.25) is 4.55 Å². The van der Waals surface area contributed by atoms with Crippen molar-refractivity contribution in [1.29, 1.82) is 0 Å². The normalized spacial score (nSPS) is 9.69. The Kier molecular flexibility index (Phi) is 6.87. The predicted molar refractivity (Wildman–Crippen MR) is 50.4 cm³/mol. The topological polar surface area (TPSA) is 85.9 Å². The van der Waals surface area contributed by atoms with Crippen LogP contribution in [-0.4, -0.2) is 48.0 Å². The summed E-state index contributed by atoms with van der Waals surface area (Å²) in [5, 5.41) is 0. The molecule has 1 radical (unpaired) electrons. The Morgan fingerprint density at radius 1 is 1.15 bits per heavy atom. The second-order valence-corrected chi connectivity index (χ2v) is 3.71. The average Bonchev–Trinajstić information content (AvgIpc) is 1.86. The van der Waals surface area contributed by atoms with E-state index in [9.17, 15) is 8.42 Å². The van der Waals surface area contributed by atoms with Crippen LogP contribution in [-0.2, 0) is 10.1 Å². The van der Waals surface area contributed by atoms with Crippen molar-refractivity contribution < 1.29 is 18.4 Å². The molecular formula is C7H10NaO4S. The molecule has 0 aliphatic carbocycles. The Morgan fingerprint density at radius 3 is 1.85 bits per heavy atom. The first-order valence-corrected chi connectivity index (χ1v) is 4.48. The van der Waals surface area contributed by atoms with Crippen LogP contribution in [0.4, 0.5) is 0 Å². The van der Waals surface area contributed by atoms with Crippen LogP contribution >= 0.6 is 0 Å². The van der Waals surface area contributed by atoms with E-state index in [2.05, 4.69) is 0 Å². The van der Waals surface area contributed by atoms with E-state index in [1.807, 2.05) is 6.92 Å². The van der Waals surface area contributed by atoms with Crippen LogP contribution in [0.2, 0.25) is 0 Å². The van der Waals surface area contributed by atoms with Crippen molar-refractivity contribution >= 4 is 39.7 Å². The maximum absolute atomic E-state index is 10.5. The van der Waals surface area contributed by atoms with Gasteiger partial charge in [0.1, 0.15) is 0 Å². The zero-order valence-electron chi connectivity index (χ0n) is 7.48. The van der Waals surface area contributed by atoms with Crippen molar-refractivity contribution in [2.45, 2.75) is 11.8 Å². The van der Waals surface area contributed by atoms with Gasteiger partial charge in [0.2, 0.25) is 0 Å². The maximum Gasteiger partial charge on any atom is 0.294 e. The van der Waals surface area contributed by atoms with Crippen LogP contribution in [0.5, 0.6) is 0 Å². The Bertz CT molecular complexity index is 343. The largest absolute Gasteiger partial charge is 0.412 e. The molecule has 6 heteroatoms. The van der Waals surface area contributed by atoms with Crippen molar-refractivity contribution in [2.75, 3.05) is 0 Å². The van der Waals surface area contributed by atoms with Gasteiger partial charge >= 0.3 is 0 Å². The monoisotopic (exact) mass is 213 g/mol. The van der Waals surface area contributed by atoms with Gasteiger partial charge in [0, 0.05) is 29.6 Å². The molecule has 0 amide bonds. The molecule has 4 nitrogen and oxygen atoms in total. The van der Waals surface area contributed by atoms with Crippen LogP contribution in [0.25, 0.3) is 0 Å². The van der Waals surface area contributed by atoms with E-state index in [1.54, 1.807) is 12.1 Å². The molecule has 0 aliphatic heterocycles. The van der Waals surface area contributed by atoms with E-state index >= 15 is 0 Å². The van der Waals surface area contributed by atoms with Gasteiger partial charge < -0.3 is 5.48 Å². The van der Waals surface area contributed by atoms with Crippen LogP contribution in [0.15, 0.2) is 29.2 Å². The molecular weight excluding hydrogens is 203 g/mol.